The highest BCUT2D eigenvalue weighted by Gasteiger charge is 2.29. The number of nitriles is 1. The van der Waals surface area contributed by atoms with Crippen LogP contribution in [0.15, 0.2) is 42.6 Å². The number of nitrogens with zero attached hydrogens (tertiary/aromatic N) is 5. The number of aromatic nitrogens is 3. The van der Waals surface area contributed by atoms with Gasteiger partial charge in [-0.2, -0.15) is 5.26 Å². The normalized spacial score (nSPS) is 17.6. The number of aryl methyl sites for hydroxylation is 1. The number of pyridine rings is 1. The number of hydrogen-bond donors (Lipinski definition) is 0. The van der Waals surface area contributed by atoms with Crippen LogP contribution in [0.1, 0.15) is 24.7 Å². The van der Waals surface area contributed by atoms with Gasteiger partial charge in [-0.25, -0.2) is 9.97 Å². The Labute approximate surface area is 134 Å². The van der Waals surface area contributed by atoms with Crippen molar-refractivity contribution in [1.82, 2.24) is 19.4 Å². The summed E-state index contributed by atoms with van der Waals surface area (Å²) in [6.07, 6.45) is 6.17. The second-order valence-corrected chi connectivity index (χ2v) is 5.91. The van der Waals surface area contributed by atoms with Crippen molar-refractivity contribution < 1.29 is 0 Å². The first-order valence-corrected chi connectivity index (χ1v) is 7.82. The highest BCUT2D eigenvalue weighted by Crippen LogP contribution is 2.32. The predicted molar refractivity (Wildman–Crippen MR) is 88.2 cm³/mol. The molecule has 3 aromatic rings. The standard InChI is InChI=1S/C18H17N5/c1-22-17-15(21-18(22)16-8-5-9-23(16)12-19)10-14(11-20-17)13-6-3-2-4-7-13/h2-4,6-7,10-11,16H,5,8-9H2,1H3. The average molecular weight is 303 g/mol. The van der Waals surface area contributed by atoms with Gasteiger partial charge in [0.25, 0.3) is 0 Å². The molecular formula is C18H17N5. The molecule has 0 spiro atoms. The molecule has 1 unspecified atom stereocenters. The summed E-state index contributed by atoms with van der Waals surface area (Å²) < 4.78 is 2.02. The number of benzene rings is 1. The second-order valence-electron chi connectivity index (χ2n) is 5.91. The molecule has 0 N–H and O–H groups in total. The van der Waals surface area contributed by atoms with Crippen LogP contribution in [0, 0.1) is 11.5 Å². The molecule has 1 aliphatic rings. The van der Waals surface area contributed by atoms with Gasteiger partial charge in [0.1, 0.15) is 11.3 Å². The van der Waals surface area contributed by atoms with Gasteiger partial charge in [0.2, 0.25) is 0 Å². The molecule has 0 radical (unpaired) electrons. The van der Waals surface area contributed by atoms with Crippen molar-refractivity contribution in [2.45, 2.75) is 18.9 Å². The Morgan fingerprint density at radius 1 is 1.22 bits per heavy atom. The Morgan fingerprint density at radius 2 is 2.04 bits per heavy atom. The van der Waals surface area contributed by atoms with E-state index in [9.17, 15) is 5.26 Å². The summed E-state index contributed by atoms with van der Waals surface area (Å²) in [5.74, 6) is 0.928. The van der Waals surface area contributed by atoms with E-state index in [4.69, 9.17) is 4.98 Å². The van der Waals surface area contributed by atoms with E-state index in [-0.39, 0.29) is 6.04 Å². The Bertz CT molecular complexity index is 891. The largest absolute Gasteiger partial charge is 0.314 e. The lowest BCUT2D eigenvalue weighted by atomic mass is 10.1. The van der Waals surface area contributed by atoms with E-state index in [1.165, 1.54) is 0 Å². The summed E-state index contributed by atoms with van der Waals surface area (Å²) >= 11 is 0. The Hall–Kier alpha value is -2.87. The fourth-order valence-electron chi connectivity index (χ4n) is 3.33. The maximum atomic E-state index is 9.28. The topological polar surface area (TPSA) is 57.7 Å². The van der Waals surface area contributed by atoms with Gasteiger partial charge in [-0.05, 0) is 24.5 Å². The van der Waals surface area contributed by atoms with Crippen molar-refractivity contribution in [3.8, 4) is 17.3 Å². The third kappa shape index (κ3) is 2.23. The van der Waals surface area contributed by atoms with E-state index in [0.717, 1.165) is 47.5 Å². The van der Waals surface area contributed by atoms with Gasteiger partial charge in [-0.15, -0.1) is 0 Å². The number of imidazole rings is 1. The van der Waals surface area contributed by atoms with Gasteiger partial charge >= 0.3 is 0 Å². The zero-order valence-corrected chi connectivity index (χ0v) is 13.0. The monoisotopic (exact) mass is 303 g/mol. The van der Waals surface area contributed by atoms with Gasteiger partial charge < -0.3 is 9.47 Å². The zero-order chi connectivity index (χ0) is 15.8. The van der Waals surface area contributed by atoms with E-state index in [1.807, 2.05) is 40.9 Å². The molecule has 1 fully saturated rings. The summed E-state index contributed by atoms with van der Waals surface area (Å²) in [4.78, 5) is 11.2. The van der Waals surface area contributed by atoms with Crippen LogP contribution in [0.25, 0.3) is 22.3 Å². The van der Waals surface area contributed by atoms with Crippen molar-refractivity contribution in [2.75, 3.05) is 6.54 Å². The lowest BCUT2D eigenvalue weighted by molar-refractivity contribution is 0.354. The first-order chi connectivity index (χ1) is 11.3. The number of hydrogen-bond acceptors (Lipinski definition) is 4. The Kier molecular flexibility index (Phi) is 3.23. The van der Waals surface area contributed by atoms with Crippen molar-refractivity contribution in [3.63, 3.8) is 0 Å². The number of rotatable bonds is 2. The molecular weight excluding hydrogens is 286 g/mol. The molecule has 0 bridgehead atoms. The van der Waals surface area contributed by atoms with Crippen LogP contribution >= 0.6 is 0 Å². The minimum Gasteiger partial charge on any atom is -0.314 e. The first-order valence-electron chi connectivity index (χ1n) is 7.82. The van der Waals surface area contributed by atoms with Crippen molar-refractivity contribution in [2.24, 2.45) is 7.05 Å². The van der Waals surface area contributed by atoms with Crippen LogP contribution in [0.2, 0.25) is 0 Å². The SMILES string of the molecule is Cn1c(C2CCCN2C#N)nc2cc(-c3ccccc3)cnc21. The molecule has 5 nitrogen and oxygen atoms in total. The van der Waals surface area contributed by atoms with Crippen LogP contribution in [0.4, 0.5) is 0 Å². The minimum absolute atomic E-state index is 0.0689. The van der Waals surface area contributed by atoms with Crippen molar-refractivity contribution >= 4 is 11.2 Å². The van der Waals surface area contributed by atoms with E-state index in [1.54, 1.807) is 0 Å². The van der Waals surface area contributed by atoms with E-state index in [2.05, 4.69) is 29.4 Å². The van der Waals surface area contributed by atoms with E-state index >= 15 is 0 Å². The summed E-state index contributed by atoms with van der Waals surface area (Å²) in [5.41, 5.74) is 3.94. The molecule has 1 aliphatic heterocycles. The molecule has 4 rings (SSSR count). The predicted octanol–water partition coefficient (Wildman–Crippen LogP) is 3.25. The van der Waals surface area contributed by atoms with Gasteiger partial charge in [-0.3, -0.25) is 0 Å². The summed E-state index contributed by atoms with van der Waals surface area (Å²) in [5, 5.41) is 9.28. The Balaban J connectivity index is 1.80. The average Bonchev–Trinajstić information content (AvgIpc) is 3.19. The second kappa shape index (κ2) is 5.40. The Morgan fingerprint density at radius 3 is 2.83 bits per heavy atom. The molecule has 1 saturated heterocycles. The lowest BCUT2D eigenvalue weighted by Gasteiger charge is -2.17. The molecule has 3 heterocycles. The minimum atomic E-state index is 0.0689. The van der Waals surface area contributed by atoms with Crippen LogP contribution < -0.4 is 0 Å². The van der Waals surface area contributed by atoms with Gasteiger partial charge in [-0.1, -0.05) is 30.3 Å². The summed E-state index contributed by atoms with van der Waals surface area (Å²) in [7, 11) is 1.98. The quantitative estimate of drug-likeness (QED) is 0.682. The highest BCUT2D eigenvalue weighted by molar-refractivity contribution is 5.78. The van der Waals surface area contributed by atoms with Crippen LogP contribution in [0.3, 0.4) is 0 Å². The van der Waals surface area contributed by atoms with Crippen LogP contribution in [0.5, 0.6) is 0 Å². The molecule has 0 saturated carbocycles. The fraction of sp³-hybridized carbons (Fsp3) is 0.278. The number of fused-ring (bicyclic) bond motifs is 1. The summed E-state index contributed by atoms with van der Waals surface area (Å²) in [6.45, 7) is 0.813. The maximum Gasteiger partial charge on any atom is 0.180 e. The molecule has 114 valence electrons. The first kappa shape index (κ1) is 13.8. The van der Waals surface area contributed by atoms with Crippen LogP contribution in [-0.4, -0.2) is 26.0 Å². The molecule has 1 aromatic carbocycles. The van der Waals surface area contributed by atoms with E-state index < -0.39 is 0 Å². The number of likely N-dealkylation sites (tertiary alicyclic amines) is 1. The van der Waals surface area contributed by atoms with Crippen molar-refractivity contribution in [1.29, 1.82) is 5.26 Å². The molecule has 1 atom stereocenters. The van der Waals surface area contributed by atoms with Crippen molar-refractivity contribution in [3.05, 3.63) is 48.4 Å². The molecule has 0 amide bonds. The molecule has 0 aliphatic carbocycles. The van der Waals surface area contributed by atoms with Gasteiger partial charge in [0.15, 0.2) is 11.8 Å². The fourth-order valence-corrected chi connectivity index (χ4v) is 3.33. The third-order valence-corrected chi connectivity index (χ3v) is 4.53. The smallest absolute Gasteiger partial charge is 0.180 e. The van der Waals surface area contributed by atoms with Gasteiger partial charge in [0, 0.05) is 25.4 Å². The van der Waals surface area contributed by atoms with E-state index in [0.29, 0.717) is 0 Å². The lowest BCUT2D eigenvalue weighted by Crippen LogP contribution is -2.20. The molecule has 23 heavy (non-hydrogen) atoms. The van der Waals surface area contributed by atoms with Gasteiger partial charge in [0.05, 0.1) is 6.04 Å². The molecule has 5 heteroatoms. The maximum absolute atomic E-state index is 9.28. The highest BCUT2D eigenvalue weighted by atomic mass is 15.2. The molecule has 2 aromatic heterocycles. The van der Waals surface area contributed by atoms with Crippen LogP contribution in [-0.2, 0) is 7.05 Å². The zero-order valence-electron chi connectivity index (χ0n) is 13.0. The third-order valence-electron chi connectivity index (χ3n) is 4.53. The summed E-state index contributed by atoms with van der Waals surface area (Å²) in [6, 6.07) is 12.3.